The van der Waals surface area contributed by atoms with Crippen molar-refractivity contribution in [3.05, 3.63) is 76.7 Å². The number of hydrogen-bond donors (Lipinski definition) is 2. The van der Waals surface area contributed by atoms with Crippen molar-refractivity contribution >= 4 is 33.2 Å². The Hall–Kier alpha value is -2.97. The van der Waals surface area contributed by atoms with Crippen molar-refractivity contribution in [2.75, 3.05) is 11.8 Å². The Balaban J connectivity index is 1.86. The number of para-hydroxylation sites is 2. The number of ether oxygens (including phenoxy) is 1. The molecule has 0 bridgehead atoms. The van der Waals surface area contributed by atoms with Crippen LogP contribution in [-0.4, -0.2) is 21.4 Å². The van der Waals surface area contributed by atoms with Crippen molar-refractivity contribution in [2.45, 2.75) is 24.8 Å². The Bertz CT molecular complexity index is 1170. The lowest BCUT2D eigenvalue weighted by molar-refractivity contribution is 0.0935. The summed E-state index contributed by atoms with van der Waals surface area (Å²) in [4.78, 5) is 12.4. The highest BCUT2D eigenvalue weighted by atomic mass is 35.5. The number of hydrogen-bond acceptors (Lipinski definition) is 5. The summed E-state index contributed by atoms with van der Waals surface area (Å²) in [5.74, 6) is 1.23. The van der Waals surface area contributed by atoms with E-state index in [1.807, 2.05) is 6.92 Å². The molecule has 2 aromatic carbocycles. The van der Waals surface area contributed by atoms with Gasteiger partial charge in [-0.15, -0.1) is 0 Å². The van der Waals surface area contributed by atoms with Crippen molar-refractivity contribution < 1.29 is 22.4 Å². The van der Waals surface area contributed by atoms with E-state index >= 15 is 0 Å². The second-order valence-corrected chi connectivity index (χ2v) is 8.65. The standard InChI is InChI=1S/C21H21ClN2O5S/c1-13-8-11-18(29-13)14(2)23-21(25)15-9-10-16(22)20(12-15)30(26,27)24-17-6-4-5-7-19(17)28-3/h4-12,14,24H,1-3H3,(H,23,25). The van der Waals surface area contributed by atoms with Crippen molar-refractivity contribution in [3.63, 3.8) is 0 Å². The van der Waals surface area contributed by atoms with Gasteiger partial charge in [0.2, 0.25) is 0 Å². The Morgan fingerprint density at radius 3 is 2.53 bits per heavy atom. The van der Waals surface area contributed by atoms with Crippen LogP contribution in [-0.2, 0) is 10.0 Å². The lowest BCUT2D eigenvalue weighted by Gasteiger charge is -2.14. The van der Waals surface area contributed by atoms with E-state index in [4.69, 9.17) is 20.8 Å². The van der Waals surface area contributed by atoms with Crippen LogP contribution in [0.5, 0.6) is 5.75 Å². The van der Waals surface area contributed by atoms with E-state index in [1.54, 1.807) is 43.3 Å². The third kappa shape index (κ3) is 4.77. The molecule has 1 aromatic heterocycles. The Morgan fingerprint density at radius 1 is 1.13 bits per heavy atom. The van der Waals surface area contributed by atoms with Gasteiger partial charge in [0, 0.05) is 5.56 Å². The van der Waals surface area contributed by atoms with Crippen LogP contribution in [0.2, 0.25) is 5.02 Å². The maximum absolute atomic E-state index is 12.9. The van der Waals surface area contributed by atoms with E-state index in [0.717, 1.165) is 5.76 Å². The second kappa shape index (κ2) is 8.81. The van der Waals surface area contributed by atoms with Crippen molar-refractivity contribution in [1.29, 1.82) is 0 Å². The topological polar surface area (TPSA) is 97.6 Å². The SMILES string of the molecule is COc1ccccc1NS(=O)(=O)c1cc(C(=O)NC(C)c2ccc(C)o2)ccc1Cl. The molecule has 3 aromatic rings. The molecule has 0 radical (unpaired) electrons. The molecule has 0 saturated carbocycles. The first-order valence-corrected chi connectivity index (χ1v) is 10.9. The van der Waals surface area contributed by atoms with Gasteiger partial charge in [-0.1, -0.05) is 23.7 Å². The average molecular weight is 449 g/mol. The monoisotopic (exact) mass is 448 g/mol. The molecule has 7 nitrogen and oxygen atoms in total. The molecule has 1 amide bonds. The van der Waals surface area contributed by atoms with Gasteiger partial charge in [0.05, 0.1) is 23.9 Å². The van der Waals surface area contributed by atoms with Gasteiger partial charge in [-0.3, -0.25) is 9.52 Å². The number of benzene rings is 2. The average Bonchev–Trinajstić information content (AvgIpc) is 3.14. The van der Waals surface area contributed by atoms with Crippen LogP contribution >= 0.6 is 11.6 Å². The van der Waals surface area contributed by atoms with E-state index in [-0.39, 0.29) is 21.2 Å². The molecular formula is C21H21ClN2O5S. The van der Waals surface area contributed by atoms with Gasteiger partial charge in [0.25, 0.3) is 15.9 Å². The molecular weight excluding hydrogens is 428 g/mol. The molecule has 1 unspecified atom stereocenters. The van der Waals surface area contributed by atoms with Crippen molar-refractivity contribution in [3.8, 4) is 5.75 Å². The van der Waals surface area contributed by atoms with Crippen molar-refractivity contribution in [2.24, 2.45) is 0 Å². The minimum atomic E-state index is -4.07. The minimum absolute atomic E-state index is 0.0105. The fourth-order valence-corrected chi connectivity index (χ4v) is 4.41. The van der Waals surface area contributed by atoms with Crippen LogP contribution in [0.4, 0.5) is 5.69 Å². The molecule has 2 N–H and O–H groups in total. The number of halogens is 1. The summed E-state index contributed by atoms with van der Waals surface area (Å²) in [7, 11) is -2.63. The highest BCUT2D eigenvalue weighted by Crippen LogP contribution is 2.29. The third-order valence-electron chi connectivity index (χ3n) is 4.37. The predicted molar refractivity (Wildman–Crippen MR) is 115 cm³/mol. The van der Waals surface area contributed by atoms with Crippen LogP contribution in [0.1, 0.15) is 34.8 Å². The first-order chi connectivity index (χ1) is 14.2. The number of aryl methyl sites for hydroxylation is 1. The Morgan fingerprint density at radius 2 is 1.87 bits per heavy atom. The molecule has 0 saturated heterocycles. The lowest BCUT2D eigenvalue weighted by Crippen LogP contribution is -2.26. The number of carbonyl (C=O) groups excluding carboxylic acids is 1. The summed E-state index contributed by atoms with van der Waals surface area (Å²) in [6.07, 6.45) is 0. The van der Waals surface area contributed by atoms with Crippen LogP contribution in [0.3, 0.4) is 0 Å². The minimum Gasteiger partial charge on any atom is -0.495 e. The number of methoxy groups -OCH3 is 1. The number of amides is 1. The van der Waals surface area contributed by atoms with Gasteiger partial charge in [-0.2, -0.15) is 0 Å². The van der Waals surface area contributed by atoms with E-state index in [2.05, 4.69) is 10.0 Å². The fourth-order valence-electron chi connectivity index (χ4n) is 2.82. The van der Waals surface area contributed by atoms with Gasteiger partial charge in [0.15, 0.2) is 0 Å². The molecule has 0 spiro atoms. The molecule has 30 heavy (non-hydrogen) atoms. The molecule has 0 aliphatic heterocycles. The zero-order valence-electron chi connectivity index (χ0n) is 16.6. The van der Waals surface area contributed by atoms with E-state index in [0.29, 0.717) is 11.5 Å². The van der Waals surface area contributed by atoms with E-state index in [9.17, 15) is 13.2 Å². The smallest absolute Gasteiger partial charge is 0.263 e. The molecule has 1 atom stereocenters. The largest absolute Gasteiger partial charge is 0.495 e. The summed E-state index contributed by atoms with van der Waals surface area (Å²) >= 11 is 6.13. The maximum atomic E-state index is 12.9. The maximum Gasteiger partial charge on any atom is 0.263 e. The highest BCUT2D eigenvalue weighted by molar-refractivity contribution is 7.92. The van der Waals surface area contributed by atoms with Crippen LogP contribution in [0.15, 0.2) is 63.9 Å². The normalized spacial score (nSPS) is 12.3. The fraction of sp³-hybridized carbons (Fsp3) is 0.190. The first-order valence-electron chi connectivity index (χ1n) is 9.04. The summed E-state index contributed by atoms with van der Waals surface area (Å²) in [5.41, 5.74) is 0.405. The molecule has 0 aliphatic rings. The number of sulfonamides is 1. The van der Waals surface area contributed by atoms with Gasteiger partial charge in [-0.25, -0.2) is 8.42 Å². The predicted octanol–water partition coefficient (Wildman–Crippen LogP) is 4.54. The zero-order valence-corrected chi connectivity index (χ0v) is 18.2. The number of anilines is 1. The quantitative estimate of drug-likeness (QED) is 0.553. The summed E-state index contributed by atoms with van der Waals surface area (Å²) in [6.45, 7) is 3.58. The molecule has 1 heterocycles. The lowest BCUT2D eigenvalue weighted by atomic mass is 10.2. The molecule has 3 rings (SSSR count). The molecule has 158 valence electrons. The zero-order chi connectivity index (χ0) is 21.9. The second-order valence-electron chi connectivity index (χ2n) is 6.59. The van der Waals surface area contributed by atoms with Gasteiger partial charge < -0.3 is 14.5 Å². The molecule has 0 fully saturated rings. The Kier molecular flexibility index (Phi) is 6.38. The van der Waals surface area contributed by atoms with Crippen molar-refractivity contribution in [1.82, 2.24) is 5.32 Å². The van der Waals surface area contributed by atoms with E-state index in [1.165, 1.54) is 25.3 Å². The molecule has 0 aliphatic carbocycles. The van der Waals surface area contributed by atoms with Crippen LogP contribution < -0.4 is 14.8 Å². The summed E-state index contributed by atoms with van der Waals surface area (Å²) in [5, 5.41) is 2.77. The summed E-state index contributed by atoms with van der Waals surface area (Å²) < 4.78 is 39.0. The number of furan rings is 1. The van der Waals surface area contributed by atoms with Gasteiger partial charge in [-0.05, 0) is 56.3 Å². The summed E-state index contributed by atoms with van der Waals surface area (Å²) in [6, 6.07) is 13.8. The third-order valence-corrected chi connectivity index (χ3v) is 6.22. The van der Waals surface area contributed by atoms with Crippen LogP contribution in [0.25, 0.3) is 0 Å². The van der Waals surface area contributed by atoms with Gasteiger partial charge >= 0.3 is 0 Å². The highest BCUT2D eigenvalue weighted by Gasteiger charge is 2.22. The van der Waals surface area contributed by atoms with Gasteiger partial charge in [0.1, 0.15) is 22.2 Å². The van der Waals surface area contributed by atoms with E-state index < -0.39 is 22.0 Å². The first kappa shape index (κ1) is 21.7. The number of nitrogens with one attached hydrogen (secondary N) is 2. The number of rotatable bonds is 7. The number of carbonyl (C=O) groups is 1. The molecule has 9 heteroatoms. The Labute approximate surface area is 180 Å². The van der Waals surface area contributed by atoms with Crippen LogP contribution in [0, 0.1) is 6.92 Å².